The molecule has 1 amide bonds. The van der Waals surface area contributed by atoms with Gasteiger partial charge in [-0.25, -0.2) is 8.42 Å². The lowest BCUT2D eigenvalue weighted by molar-refractivity contribution is -0.889. The number of rotatable bonds is 9. The number of hydrogen-bond acceptors (Lipinski definition) is 4. The molecule has 0 radical (unpaired) electrons. The number of nitrogens with one attached hydrogen (secondary N) is 1. The Labute approximate surface area is 122 Å². The third-order valence-electron chi connectivity index (χ3n) is 3.66. The third kappa shape index (κ3) is 8.50. The van der Waals surface area contributed by atoms with E-state index < -0.39 is 10.1 Å². The topological polar surface area (TPSA) is 86.3 Å². The SMILES string of the molecule is CCC(C)(C)C(=O)NCC[N+](C)(C)CCCS(=O)(=O)[O-]. The highest BCUT2D eigenvalue weighted by Gasteiger charge is 2.25. The number of carbonyl (C=O) groups is 1. The van der Waals surface area contributed by atoms with Gasteiger partial charge in [0, 0.05) is 17.6 Å². The van der Waals surface area contributed by atoms with Gasteiger partial charge in [0.05, 0.1) is 43.8 Å². The molecule has 6 nitrogen and oxygen atoms in total. The second-order valence-electron chi connectivity index (χ2n) is 6.49. The molecule has 0 bridgehead atoms. The van der Waals surface area contributed by atoms with Crippen LogP contribution >= 0.6 is 0 Å². The lowest BCUT2D eigenvalue weighted by Gasteiger charge is -2.31. The van der Waals surface area contributed by atoms with E-state index in [4.69, 9.17) is 0 Å². The van der Waals surface area contributed by atoms with Gasteiger partial charge in [-0.15, -0.1) is 0 Å². The fourth-order valence-electron chi connectivity index (χ4n) is 1.65. The summed E-state index contributed by atoms with van der Waals surface area (Å²) in [5, 5.41) is 2.90. The second kappa shape index (κ2) is 7.38. The van der Waals surface area contributed by atoms with Gasteiger partial charge in [0.25, 0.3) is 0 Å². The lowest BCUT2D eigenvalue weighted by Crippen LogP contribution is -2.48. The van der Waals surface area contributed by atoms with Crippen molar-refractivity contribution >= 4 is 16.0 Å². The molecule has 0 unspecified atom stereocenters. The molecule has 7 heteroatoms. The quantitative estimate of drug-likeness (QED) is 0.498. The Bertz CT molecular complexity index is 416. The molecular weight excluding hydrogens is 280 g/mol. The van der Waals surface area contributed by atoms with Gasteiger partial charge >= 0.3 is 0 Å². The monoisotopic (exact) mass is 308 g/mol. The number of nitrogens with zero attached hydrogens (tertiary/aromatic N) is 1. The maximum Gasteiger partial charge on any atom is 0.225 e. The van der Waals surface area contributed by atoms with Crippen LogP contribution in [-0.2, 0) is 14.9 Å². The smallest absolute Gasteiger partial charge is 0.225 e. The van der Waals surface area contributed by atoms with E-state index in [1.807, 2.05) is 34.9 Å². The van der Waals surface area contributed by atoms with Gasteiger partial charge < -0.3 is 14.4 Å². The summed E-state index contributed by atoms with van der Waals surface area (Å²) in [7, 11) is -0.227. The Morgan fingerprint density at radius 2 is 1.80 bits per heavy atom. The van der Waals surface area contributed by atoms with Crippen molar-refractivity contribution in [3.05, 3.63) is 0 Å². The van der Waals surface area contributed by atoms with Crippen molar-refractivity contribution in [2.24, 2.45) is 5.41 Å². The Balaban J connectivity index is 4.08. The molecule has 0 saturated heterocycles. The summed E-state index contributed by atoms with van der Waals surface area (Å²) >= 11 is 0. The molecular formula is C13H28N2O4S. The minimum absolute atomic E-state index is 0.0298. The summed E-state index contributed by atoms with van der Waals surface area (Å²) in [6.07, 6.45) is 1.12. The van der Waals surface area contributed by atoms with E-state index in [9.17, 15) is 17.8 Å². The van der Waals surface area contributed by atoms with Crippen LogP contribution in [0.15, 0.2) is 0 Å². The Hall–Kier alpha value is -0.660. The van der Waals surface area contributed by atoms with Gasteiger partial charge in [-0.3, -0.25) is 4.79 Å². The van der Waals surface area contributed by atoms with E-state index in [0.717, 1.165) is 6.42 Å². The number of carbonyl (C=O) groups excluding carboxylic acids is 1. The summed E-state index contributed by atoms with van der Waals surface area (Å²) in [5.41, 5.74) is -0.367. The van der Waals surface area contributed by atoms with Crippen LogP contribution in [-0.4, -0.2) is 62.8 Å². The first-order valence-electron chi connectivity index (χ1n) is 6.93. The molecule has 120 valence electrons. The van der Waals surface area contributed by atoms with Crippen LogP contribution < -0.4 is 5.32 Å². The van der Waals surface area contributed by atoms with Gasteiger partial charge in [0.2, 0.25) is 5.91 Å². The Kier molecular flexibility index (Phi) is 7.13. The molecule has 0 rings (SSSR count). The summed E-state index contributed by atoms with van der Waals surface area (Å²) in [6.45, 7) is 7.62. The van der Waals surface area contributed by atoms with Crippen molar-refractivity contribution in [1.29, 1.82) is 0 Å². The van der Waals surface area contributed by atoms with Crippen molar-refractivity contribution in [1.82, 2.24) is 5.32 Å². The van der Waals surface area contributed by atoms with Gasteiger partial charge in [-0.1, -0.05) is 20.8 Å². The zero-order valence-corrected chi connectivity index (χ0v) is 14.0. The summed E-state index contributed by atoms with van der Waals surface area (Å²) in [5.74, 6) is -0.300. The van der Waals surface area contributed by atoms with E-state index in [-0.39, 0.29) is 17.1 Å². The fraction of sp³-hybridized carbons (Fsp3) is 0.923. The highest BCUT2D eigenvalue weighted by Crippen LogP contribution is 2.19. The first kappa shape index (κ1) is 19.3. The lowest BCUT2D eigenvalue weighted by atomic mass is 9.89. The molecule has 0 spiro atoms. The van der Waals surface area contributed by atoms with Crippen molar-refractivity contribution in [2.75, 3.05) is 39.5 Å². The molecule has 0 aromatic heterocycles. The molecule has 0 heterocycles. The van der Waals surface area contributed by atoms with Crippen molar-refractivity contribution in [2.45, 2.75) is 33.6 Å². The van der Waals surface area contributed by atoms with Crippen LogP contribution in [0, 0.1) is 5.41 Å². The maximum atomic E-state index is 11.9. The van der Waals surface area contributed by atoms with E-state index in [1.165, 1.54) is 0 Å². The molecule has 0 aliphatic carbocycles. The Morgan fingerprint density at radius 3 is 2.25 bits per heavy atom. The predicted molar refractivity (Wildman–Crippen MR) is 78.1 cm³/mol. The van der Waals surface area contributed by atoms with Crippen molar-refractivity contribution in [3.63, 3.8) is 0 Å². The Morgan fingerprint density at radius 1 is 1.25 bits per heavy atom. The van der Waals surface area contributed by atoms with E-state index in [2.05, 4.69) is 5.32 Å². The average Bonchev–Trinajstić information content (AvgIpc) is 2.26. The second-order valence-corrected chi connectivity index (χ2v) is 8.02. The van der Waals surface area contributed by atoms with Gasteiger partial charge in [0.15, 0.2) is 0 Å². The normalized spacial score (nSPS) is 13.3. The van der Waals surface area contributed by atoms with Crippen molar-refractivity contribution < 1.29 is 22.2 Å². The number of amides is 1. The van der Waals surface area contributed by atoms with Crippen LogP contribution in [0.4, 0.5) is 0 Å². The molecule has 0 atom stereocenters. The highest BCUT2D eigenvalue weighted by atomic mass is 32.2. The van der Waals surface area contributed by atoms with Crippen LogP contribution in [0.1, 0.15) is 33.6 Å². The van der Waals surface area contributed by atoms with Gasteiger partial charge in [0.1, 0.15) is 0 Å². The standard InChI is InChI=1S/C13H28N2O4S/c1-6-13(2,3)12(16)14-8-10-15(4,5)9-7-11-20(17,18)19/h6-11H2,1-5H3,(H-,14,16,17,18,19). The number of hydrogen-bond donors (Lipinski definition) is 1. The number of quaternary nitrogens is 1. The molecule has 0 aliphatic heterocycles. The fourth-order valence-corrected chi connectivity index (χ4v) is 2.14. The highest BCUT2D eigenvalue weighted by molar-refractivity contribution is 7.85. The first-order chi connectivity index (χ1) is 8.90. The molecule has 0 aliphatic rings. The van der Waals surface area contributed by atoms with Crippen LogP contribution in [0.3, 0.4) is 0 Å². The predicted octanol–water partition coefficient (Wildman–Crippen LogP) is 0.551. The molecule has 1 N–H and O–H groups in total. The molecule has 0 aromatic rings. The van der Waals surface area contributed by atoms with E-state index in [0.29, 0.717) is 30.5 Å². The summed E-state index contributed by atoms with van der Waals surface area (Å²) < 4.78 is 32.2. The van der Waals surface area contributed by atoms with Gasteiger partial charge in [-0.05, 0) is 6.42 Å². The van der Waals surface area contributed by atoms with Gasteiger partial charge in [-0.2, -0.15) is 0 Å². The molecule has 0 fully saturated rings. The van der Waals surface area contributed by atoms with Crippen LogP contribution in [0.2, 0.25) is 0 Å². The van der Waals surface area contributed by atoms with Crippen LogP contribution in [0.25, 0.3) is 0 Å². The average molecular weight is 308 g/mol. The van der Waals surface area contributed by atoms with Crippen LogP contribution in [0.5, 0.6) is 0 Å². The zero-order chi connectivity index (χ0) is 16.0. The molecule has 0 saturated carbocycles. The zero-order valence-electron chi connectivity index (χ0n) is 13.2. The first-order valence-corrected chi connectivity index (χ1v) is 8.51. The molecule has 0 aromatic carbocycles. The minimum Gasteiger partial charge on any atom is -0.748 e. The summed E-state index contributed by atoms with van der Waals surface area (Å²) in [6, 6.07) is 0. The van der Waals surface area contributed by atoms with E-state index >= 15 is 0 Å². The van der Waals surface area contributed by atoms with E-state index in [1.54, 1.807) is 0 Å². The van der Waals surface area contributed by atoms with Crippen molar-refractivity contribution in [3.8, 4) is 0 Å². The summed E-state index contributed by atoms with van der Waals surface area (Å²) in [4.78, 5) is 11.9. The minimum atomic E-state index is -4.13. The maximum absolute atomic E-state index is 11.9. The largest absolute Gasteiger partial charge is 0.748 e. The molecule has 20 heavy (non-hydrogen) atoms. The third-order valence-corrected chi connectivity index (χ3v) is 4.45. The number of likely N-dealkylation sites (N-methyl/N-ethyl adjacent to an activating group) is 1.